The van der Waals surface area contributed by atoms with Crippen molar-refractivity contribution in [2.24, 2.45) is 23.7 Å². The lowest BCUT2D eigenvalue weighted by atomic mass is 9.93. The third-order valence-corrected chi connectivity index (χ3v) is 8.61. The zero-order valence-corrected chi connectivity index (χ0v) is 19.8. The molecule has 2 saturated carbocycles. The maximum Gasteiger partial charge on any atom is 0.408 e. The van der Waals surface area contributed by atoms with Crippen LogP contribution in [-0.2, 0) is 14.3 Å². The molecule has 3 aliphatic carbocycles. The van der Waals surface area contributed by atoms with Gasteiger partial charge in [-0.2, -0.15) is 0 Å². The van der Waals surface area contributed by atoms with Gasteiger partial charge in [-0.3, -0.25) is 9.59 Å². The van der Waals surface area contributed by atoms with Crippen LogP contribution in [0, 0.1) is 23.7 Å². The number of hydrogen-bond acceptors (Lipinski definition) is 4. The van der Waals surface area contributed by atoms with E-state index in [9.17, 15) is 19.5 Å². The molecule has 2 unspecified atom stereocenters. The Balaban J connectivity index is 1.13. The van der Waals surface area contributed by atoms with Crippen molar-refractivity contribution in [1.82, 2.24) is 10.2 Å². The summed E-state index contributed by atoms with van der Waals surface area (Å²) in [5, 5.41) is 12.3. The van der Waals surface area contributed by atoms with Crippen LogP contribution >= 0.6 is 0 Å². The van der Waals surface area contributed by atoms with Gasteiger partial charge in [0.05, 0.1) is 5.92 Å². The number of carboxylic acids is 1. The van der Waals surface area contributed by atoms with Gasteiger partial charge in [0.2, 0.25) is 5.91 Å². The molecule has 1 aliphatic heterocycles. The molecule has 6 rings (SSSR count). The van der Waals surface area contributed by atoms with Crippen molar-refractivity contribution in [2.75, 3.05) is 19.7 Å². The second kappa shape index (κ2) is 8.11. The van der Waals surface area contributed by atoms with Gasteiger partial charge < -0.3 is 20.1 Å². The Kier molecular flexibility index (Phi) is 5.13. The maximum absolute atomic E-state index is 13.6. The Morgan fingerprint density at radius 3 is 2.23 bits per heavy atom. The molecule has 0 aromatic heterocycles. The molecule has 0 spiro atoms. The minimum Gasteiger partial charge on any atom is -0.481 e. The molecule has 1 saturated heterocycles. The van der Waals surface area contributed by atoms with E-state index in [2.05, 4.69) is 29.6 Å². The monoisotopic (exact) mass is 474 g/mol. The highest BCUT2D eigenvalue weighted by molar-refractivity contribution is 5.91. The third-order valence-electron chi connectivity index (χ3n) is 8.61. The number of likely N-dealkylation sites (tertiary alicyclic amines) is 1. The molecule has 3 fully saturated rings. The molecular formula is C28H30N2O5. The highest BCUT2D eigenvalue weighted by atomic mass is 16.5. The van der Waals surface area contributed by atoms with Gasteiger partial charge in [-0.25, -0.2) is 4.79 Å². The SMILES string of the molecule is CC(NC(=O)OCC1c2ccccc2-c2ccccc21)(C(=O)N1CC[C@@H]2C(C(=O)O)[C@@H]2C1)C1CC1. The normalized spacial score (nSPS) is 26.1. The number of nitrogens with one attached hydrogen (secondary N) is 1. The summed E-state index contributed by atoms with van der Waals surface area (Å²) in [4.78, 5) is 39.7. The highest BCUT2D eigenvalue weighted by Crippen LogP contribution is 2.52. The maximum atomic E-state index is 13.6. The van der Waals surface area contributed by atoms with Gasteiger partial charge in [0.1, 0.15) is 12.1 Å². The van der Waals surface area contributed by atoms with Crippen LogP contribution in [0.25, 0.3) is 11.1 Å². The Labute approximate surface area is 204 Å². The smallest absolute Gasteiger partial charge is 0.408 e. The molecule has 35 heavy (non-hydrogen) atoms. The number of carboxylic acid groups (broad SMARTS) is 1. The highest BCUT2D eigenvalue weighted by Gasteiger charge is 2.59. The van der Waals surface area contributed by atoms with E-state index in [1.165, 1.54) is 11.1 Å². The molecule has 0 bridgehead atoms. The number of benzene rings is 2. The van der Waals surface area contributed by atoms with E-state index in [0.717, 1.165) is 24.0 Å². The summed E-state index contributed by atoms with van der Waals surface area (Å²) in [7, 11) is 0. The van der Waals surface area contributed by atoms with Crippen LogP contribution in [0.15, 0.2) is 48.5 Å². The van der Waals surface area contributed by atoms with Crippen molar-refractivity contribution in [2.45, 2.75) is 37.6 Å². The molecule has 182 valence electrons. The largest absolute Gasteiger partial charge is 0.481 e. The minimum atomic E-state index is -1.04. The van der Waals surface area contributed by atoms with E-state index in [4.69, 9.17) is 4.74 Å². The van der Waals surface area contributed by atoms with Gasteiger partial charge in [-0.1, -0.05) is 48.5 Å². The van der Waals surface area contributed by atoms with E-state index in [0.29, 0.717) is 19.5 Å². The van der Waals surface area contributed by atoms with Crippen LogP contribution in [-0.4, -0.2) is 53.2 Å². The second-order valence-electron chi connectivity index (χ2n) is 10.7. The van der Waals surface area contributed by atoms with E-state index < -0.39 is 17.6 Å². The lowest BCUT2D eigenvalue weighted by molar-refractivity contribution is -0.141. The Bertz CT molecular complexity index is 1160. The summed E-state index contributed by atoms with van der Waals surface area (Å²) in [6, 6.07) is 16.4. The van der Waals surface area contributed by atoms with Crippen LogP contribution in [0.1, 0.15) is 43.2 Å². The van der Waals surface area contributed by atoms with Gasteiger partial charge >= 0.3 is 12.1 Å². The molecule has 1 heterocycles. The number of alkyl carbamates (subject to hydrolysis) is 1. The van der Waals surface area contributed by atoms with Crippen molar-refractivity contribution in [3.63, 3.8) is 0 Å². The molecule has 7 nitrogen and oxygen atoms in total. The summed E-state index contributed by atoms with van der Waals surface area (Å²) in [5.74, 6) is -0.989. The van der Waals surface area contributed by atoms with E-state index in [1.54, 1.807) is 11.8 Å². The summed E-state index contributed by atoms with van der Waals surface area (Å²) >= 11 is 0. The molecule has 4 atom stereocenters. The van der Waals surface area contributed by atoms with Gasteiger partial charge in [0.25, 0.3) is 0 Å². The number of carbonyl (C=O) groups excluding carboxylic acids is 2. The number of amides is 2. The van der Waals surface area contributed by atoms with Crippen LogP contribution < -0.4 is 5.32 Å². The number of nitrogens with zero attached hydrogens (tertiary/aromatic N) is 1. The molecule has 2 N–H and O–H groups in total. The number of hydrogen-bond donors (Lipinski definition) is 2. The van der Waals surface area contributed by atoms with Crippen LogP contribution in [0.2, 0.25) is 0 Å². The van der Waals surface area contributed by atoms with Gasteiger partial charge in [0, 0.05) is 19.0 Å². The lowest BCUT2D eigenvalue weighted by Gasteiger charge is -2.37. The molecule has 2 aromatic carbocycles. The predicted octanol–water partition coefficient (Wildman–Crippen LogP) is 3.87. The van der Waals surface area contributed by atoms with Gasteiger partial charge in [-0.05, 0) is 66.2 Å². The lowest BCUT2D eigenvalue weighted by Crippen LogP contribution is -2.60. The first kappa shape index (κ1) is 22.1. The molecule has 7 heteroatoms. The summed E-state index contributed by atoms with van der Waals surface area (Å²) < 4.78 is 5.73. The molecule has 0 radical (unpaired) electrons. The first-order valence-electron chi connectivity index (χ1n) is 12.5. The summed E-state index contributed by atoms with van der Waals surface area (Å²) in [6.07, 6.45) is 1.88. The van der Waals surface area contributed by atoms with Crippen LogP contribution in [0.5, 0.6) is 0 Å². The quantitative estimate of drug-likeness (QED) is 0.663. The van der Waals surface area contributed by atoms with Crippen molar-refractivity contribution < 1.29 is 24.2 Å². The average Bonchev–Trinajstić information content (AvgIpc) is 3.78. The van der Waals surface area contributed by atoms with Crippen molar-refractivity contribution >= 4 is 18.0 Å². The zero-order valence-electron chi connectivity index (χ0n) is 19.8. The standard InChI is InChI=1S/C28H30N2O5/c1-28(16-10-11-16,26(33)30-13-12-21-22(14-30)24(21)25(31)32)29-27(34)35-15-23-19-8-4-2-6-17(19)18-7-3-5-9-20(18)23/h2-9,16,21-24H,10-15H2,1H3,(H,29,34)(H,31,32)/t21-,22+,24?,28?/m0/s1. The third kappa shape index (κ3) is 3.68. The van der Waals surface area contributed by atoms with E-state index in [-0.39, 0.29) is 42.1 Å². The molecule has 4 aliphatic rings. The van der Waals surface area contributed by atoms with Crippen LogP contribution in [0.3, 0.4) is 0 Å². The molecular weight excluding hydrogens is 444 g/mol. The number of piperidine rings is 1. The van der Waals surface area contributed by atoms with Crippen molar-refractivity contribution in [1.29, 1.82) is 0 Å². The van der Waals surface area contributed by atoms with Gasteiger partial charge in [-0.15, -0.1) is 0 Å². The number of fused-ring (bicyclic) bond motifs is 4. The number of rotatable bonds is 6. The fraction of sp³-hybridized carbons (Fsp3) is 0.464. The number of aliphatic carboxylic acids is 1. The first-order valence-corrected chi connectivity index (χ1v) is 12.5. The molecule has 2 amide bonds. The fourth-order valence-corrected chi connectivity index (χ4v) is 6.45. The Hall–Kier alpha value is -3.35. The Morgan fingerprint density at radius 2 is 1.63 bits per heavy atom. The second-order valence-corrected chi connectivity index (χ2v) is 10.7. The zero-order chi connectivity index (χ0) is 24.3. The van der Waals surface area contributed by atoms with Crippen molar-refractivity contribution in [3.05, 3.63) is 59.7 Å². The topological polar surface area (TPSA) is 95.9 Å². The first-order chi connectivity index (χ1) is 16.9. The minimum absolute atomic E-state index is 0.0307. The summed E-state index contributed by atoms with van der Waals surface area (Å²) in [6.45, 7) is 2.98. The Morgan fingerprint density at radius 1 is 1.00 bits per heavy atom. The number of ether oxygens (including phenoxy) is 1. The summed E-state index contributed by atoms with van der Waals surface area (Å²) in [5.41, 5.74) is 3.57. The molecule has 2 aromatic rings. The number of carbonyl (C=O) groups is 3. The average molecular weight is 475 g/mol. The van der Waals surface area contributed by atoms with Crippen molar-refractivity contribution in [3.8, 4) is 11.1 Å². The predicted molar refractivity (Wildman–Crippen MR) is 129 cm³/mol. The van der Waals surface area contributed by atoms with E-state index in [1.807, 2.05) is 24.3 Å². The fourth-order valence-electron chi connectivity index (χ4n) is 6.45. The van der Waals surface area contributed by atoms with Crippen LogP contribution in [0.4, 0.5) is 4.79 Å². The van der Waals surface area contributed by atoms with E-state index >= 15 is 0 Å². The van der Waals surface area contributed by atoms with Gasteiger partial charge in [0.15, 0.2) is 0 Å².